The number of nitrogens with one attached hydrogen (secondary N) is 1. The van der Waals surface area contributed by atoms with Gasteiger partial charge in [0.1, 0.15) is 11.8 Å². The lowest BCUT2D eigenvalue weighted by molar-refractivity contribution is -0.116. The Hall–Kier alpha value is -0.880. The molecule has 1 heterocycles. The fourth-order valence-corrected chi connectivity index (χ4v) is 0.700. The largest absolute Gasteiger partial charge is 0.298 e. The molecule has 8 heavy (non-hydrogen) atoms. The molecule has 0 amide bonds. The Morgan fingerprint density at radius 2 is 2.62 bits per heavy atom. The Morgan fingerprint density at radius 3 is 2.88 bits per heavy atom. The molecule has 0 aromatic heterocycles. The summed E-state index contributed by atoms with van der Waals surface area (Å²) in [5.41, 5.74) is 0. The van der Waals surface area contributed by atoms with Crippen molar-refractivity contribution >= 4 is 5.78 Å². The molecule has 1 fully saturated rings. The van der Waals surface area contributed by atoms with Crippen LogP contribution in [0.3, 0.4) is 0 Å². The number of Topliss-reactive ketones (excluding diaryl/α,β-unsaturated/α-hetero) is 1. The number of rotatable bonds is 0. The first-order chi connectivity index (χ1) is 3.83. The molecule has 3 nitrogen and oxygen atoms in total. The molecule has 1 saturated heterocycles. The van der Waals surface area contributed by atoms with Gasteiger partial charge in [-0.15, -0.1) is 0 Å². The van der Waals surface area contributed by atoms with Crippen molar-refractivity contribution in [3.05, 3.63) is 0 Å². The second-order valence-electron chi connectivity index (χ2n) is 1.81. The lowest BCUT2D eigenvalue weighted by atomic mass is 10.2. The third-order valence-electron chi connectivity index (χ3n) is 1.13. The first kappa shape index (κ1) is 5.26. The summed E-state index contributed by atoms with van der Waals surface area (Å²) in [5, 5.41) is 11.0. The third-order valence-corrected chi connectivity index (χ3v) is 1.13. The number of nitrogens with zero attached hydrogens (tertiary/aromatic N) is 1. The van der Waals surface area contributed by atoms with E-state index in [0.717, 1.165) is 0 Å². The zero-order valence-electron chi connectivity index (χ0n) is 4.35. The van der Waals surface area contributed by atoms with E-state index in [9.17, 15) is 4.79 Å². The van der Waals surface area contributed by atoms with Crippen molar-refractivity contribution in [1.29, 1.82) is 5.26 Å². The van der Waals surface area contributed by atoms with E-state index >= 15 is 0 Å². The minimum atomic E-state index is -0.220. The molecule has 0 aromatic carbocycles. The van der Waals surface area contributed by atoms with Crippen molar-refractivity contribution in [1.82, 2.24) is 5.32 Å². The smallest absolute Gasteiger partial charge is 0.149 e. The molecule has 0 radical (unpaired) electrons. The van der Waals surface area contributed by atoms with E-state index in [1.165, 1.54) is 0 Å². The monoisotopic (exact) mass is 110 g/mol. The highest BCUT2D eigenvalue weighted by Crippen LogP contribution is 1.97. The van der Waals surface area contributed by atoms with E-state index in [4.69, 9.17) is 5.26 Å². The van der Waals surface area contributed by atoms with Crippen LogP contribution in [0, 0.1) is 11.3 Å². The Kier molecular flexibility index (Phi) is 1.27. The summed E-state index contributed by atoms with van der Waals surface area (Å²) in [4.78, 5) is 10.4. The minimum Gasteiger partial charge on any atom is -0.298 e. The molecule has 42 valence electrons. The number of hydrogen-bond donors (Lipinski definition) is 1. The van der Waals surface area contributed by atoms with Gasteiger partial charge in [0.15, 0.2) is 0 Å². The van der Waals surface area contributed by atoms with Crippen molar-refractivity contribution in [2.75, 3.05) is 6.54 Å². The molecular formula is C5H6N2O. The van der Waals surface area contributed by atoms with Gasteiger partial charge in [0.2, 0.25) is 0 Å². The summed E-state index contributed by atoms with van der Waals surface area (Å²) < 4.78 is 0. The van der Waals surface area contributed by atoms with Gasteiger partial charge in [0.05, 0.1) is 12.6 Å². The summed E-state index contributed by atoms with van der Waals surface area (Å²) in [6.07, 6.45) is 0.385. The van der Waals surface area contributed by atoms with Crippen molar-refractivity contribution < 1.29 is 4.79 Å². The Labute approximate surface area is 47.3 Å². The summed E-state index contributed by atoms with van der Waals surface area (Å²) in [7, 11) is 0. The molecule has 0 aromatic rings. The lowest BCUT2D eigenvalue weighted by Gasteiger charge is -1.90. The quantitative estimate of drug-likeness (QED) is 0.454. The first-order valence-electron chi connectivity index (χ1n) is 2.47. The molecule has 0 aliphatic carbocycles. The van der Waals surface area contributed by atoms with Crippen LogP contribution in [-0.2, 0) is 4.79 Å². The van der Waals surface area contributed by atoms with E-state index in [1.807, 2.05) is 6.07 Å². The number of carbonyl (C=O) groups is 1. The number of nitriles is 1. The summed E-state index contributed by atoms with van der Waals surface area (Å²) in [6.45, 7) is 0.373. The maximum absolute atomic E-state index is 10.4. The van der Waals surface area contributed by atoms with Crippen LogP contribution >= 0.6 is 0 Å². The van der Waals surface area contributed by atoms with Crippen LogP contribution in [0.5, 0.6) is 0 Å². The van der Waals surface area contributed by atoms with Gasteiger partial charge in [-0.05, 0) is 0 Å². The Morgan fingerprint density at radius 1 is 1.88 bits per heavy atom. The van der Waals surface area contributed by atoms with Gasteiger partial charge in [-0.2, -0.15) is 5.26 Å². The van der Waals surface area contributed by atoms with E-state index in [2.05, 4.69) is 5.32 Å². The lowest BCUT2D eigenvalue weighted by Crippen LogP contribution is -2.18. The highest BCUT2D eigenvalue weighted by Gasteiger charge is 2.19. The van der Waals surface area contributed by atoms with Gasteiger partial charge in [-0.25, -0.2) is 0 Å². The molecule has 1 aliphatic rings. The van der Waals surface area contributed by atoms with Gasteiger partial charge >= 0.3 is 0 Å². The molecule has 0 unspecified atom stereocenters. The van der Waals surface area contributed by atoms with Crippen LogP contribution < -0.4 is 5.32 Å². The average molecular weight is 110 g/mol. The molecule has 1 aliphatic heterocycles. The molecule has 0 spiro atoms. The predicted octanol–water partition coefficient (Wildman–Crippen LogP) is -0.559. The minimum absolute atomic E-state index is 0.136. The van der Waals surface area contributed by atoms with Crippen LogP contribution in [0.2, 0.25) is 0 Å². The Bertz CT molecular complexity index is 147. The fraction of sp³-hybridized carbons (Fsp3) is 0.600. The van der Waals surface area contributed by atoms with Crippen LogP contribution in [0.4, 0.5) is 0 Å². The maximum atomic E-state index is 10.4. The zero-order chi connectivity index (χ0) is 5.98. The molecule has 1 atom stereocenters. The fourth-order valence-electron chi connectivity index (χ4n) is 0.700. The van der Waals surface area contributed by atoms with Crippen molar-refractivity contribution in [3.63, 3.8) is 0 Å². The van der Waals surface area contributed by atoms with E-state index < -0.39 is 0 Å². The molecule has 0 bridgehead atoms. The first-order valence-corrected chi connectivity index (χ1v) is 2.47. The third kappa shape index (κ3) is 0.849. The van der Waals surface area contributed by atoms with Gasteiger partial charge < -0.3 is 0 Å². The van der Waals surface area contributed by atoms with Crippen LogP contribution in [-0.4, -0.2) is 18.4 Å². The second-order valence-corrected chi connectivity index (χ2v) is 1.81. The second kappa shape index (κ2) is 1.93. The van der Waals surface area contributed by atoms with E-state index in [1.54, 1.807) is 0 Å². The molecule has 1 N–H and O–H groups in total. The highest BCUT2D eigenvalue weighted by molar-refractivity contribution is 5.83. The van der Waals surface area contributed by atoms with Gasteiger partial charge in [-0.3, -0.25) is 10.1 Å². The van der Waals surface area contributed by atoms with Crippen molar-refractivity contribution in [3.8, 4) is 6.07 Å². The normalized spacial score (nSPS) is 27.9. The zero-order valence-corrected chi connectivity index (χ0v) is 4.35. The van der Waals surface area contributed by atoms with Crippen LogP contribution in [0.25, 0.3) is 0 Å². The predicted molar refractivity (Wildman–Crippen MR) is 27.0 cm³/mol. The van der Waals surface area contributed by atoms with E-state index in [-0.39, 0.29) is 11.8 Å². The Balaban J connectivity index is 2.47. The standard InChI is InChI=1S/C5H6N2O/c6-2-4-1-5(8)3-7-4/h4,7H,1,3H2/t4-/m0/s1. The number of ketones is 1. The number of hydrogen-bond acceptors (Lipinski definition) is 3. The van der Waals surface area contributed by atoms with Crippen LogP contribution in [0.15, 0.2) is 0 Å². The molecule has 0 saturated carbocycles. The number of carbonyl (C=O) groups excluding carboxylic acids is 1. The average Bonchev–Trinajstić information content (AvgIpc) is 2.14. The summed E-state index contributed by atoms with van der Waals surface area (Å²) in [5.74, 6) is 0.136. The highest BCUT2D eigenvalue weighted by atomic mass is 16.1. The van der Waals surface area contributed by atoms with Gasteiger partial charge in [0, 0.05) is 6.42 Å². The summed E-state index contributed by atoms with van der Waals surface area (Å²) in [6, 6.07) is 1.74. The molecular weight excluding hydrogens is 104 g/mol. The maximum Gasteiger partial charge on any atom is 0.149 e. The van der Waals surface area contributed by atoms with E-state index in [0.29, 0.717) is 13.0 Å². The topological polar surface area (TPSA) is 52.9 Å². The van der Waals surface area contributed by atoms with Gasteiger partial charge in [0.25, 0.3) is 0 Å². The summed E-state index contributed by atoms with van der Waals surface area (Å²) >= 11 is 0. The van der Waals surface area contributed by atoms with Crippen molar-refractivity contribution in [2.24, 2.45) is 0 Å². The molecule has 3 heteroatoms. The van der Waals surface area contributed by atoms with Gasteiger partial charge in [-0.1, -0.05) is 0 Å². The SMILES string of the molecule is N#C[C@@H]1CC(=O)CN1. The van der Waals surface area contributed by atoms with Crippen LogP contribution in [0.1, 0.15) is 6.42 Å². The van der Waals surface area contributed by atoms with Crippen molar-refractivity contribution in [2.45, 2.75) is 12.5 Å². The molecule has 1 rings (SSSR count).